The number of nitrogens with one attached hydrogen (secondary N) is 5. The van der Waals surface area contributed by atoms with Gasteiger partial charge in [-0.3, -0.25) is 44.4 Å². The lowest BCUT2D eigenvalue weighted by Crippen LogP contribution is -2.54. The van der Waals surface area contributed by atoms with E-state index in [-0.39, 0.29) is 123 Å². The number of benzene rings is 9. The van der Waals surface area contributed by atoms with Crippen molar-refractivity contribution in [3.63, 3.8) is 0 Å². The number of hydrogen-bond donors (Lipinski definition) is 9. The highest BCUT2D eigenvalue weighted by Gasteiger charge is 2.55. The molecule has 9 aromatic rings. The van der Waals surface area contributed by atoms with Gasteiger partial charge in [0.2, 0.25) is 0 Å². The lowest BCUT2D eigenvalue weighted by Gasteiger charge is -2.34. The standard InChI is InChI=1S/C27H30N2O8S.C27H30N2O7S.C26H28N2O8S/c1-35-23-6-5-19-17-21(4-3-20(19)18-23)25(30)28-13-2-14-37-22-7-9-24(10-8-22)38(33,34)27(26(31)29-32)11-15-36-16-12-27;1-29(25(30)22-8-7-20-5-2-3-6-21(20)19-22)15-4-16-36-23-9-11-24(12-10-23)37(33,34)27(26(31)28-32)13-17-35-18-14-27;29-23-21-5-2-1-4-18(21)6-11-22(23)24(30)27-14-3-15-36-19-7-9-20(10-8-19)37(33,34)26(25(31)28-32)12-16-35-17-13-26/h3-10,17-18,32H,2,11-16H2,1H3,(H,28,30)(H,29,31);2-3,5-12,19,32H,4,13-18H2,1H3,(H,28,31);1-2,4-11,29,32H,3,12-17H2,(H,27,30)(H,28,31). The number of fused-ring (bicyclic) bond motifs is 3. The Kier molecular flexibility index (Phi) is 28.3. The summed E-state index contributed by atoms with van der Waals surface area (Å²) in [5.74, 6) is -1.54. The van der Waals surface area contributed by atoms with E-state index in [1.54, 1.807) is 49.4 Å². The number of ether oxygens (including phenoxy) is 7. The van der Waals surface area contributed by atoms with Crippen molar-refractivity contribution in [2.45, 2.75) is 86.7 Å². The van der Waals surface area contributed by atoms with Crippen LogP contribution in [0.2, 0.25) is 0 Å². The molecule has 3 aliphatic rings. The molecule has 9 N–H and O–H groups in total. The highest BCUT2D eigenvalue weighted by molar-refractivity contribution is 7.94. The van der Waals surface area contributed by atoms with Crippen LogP contribution in [-0.2, 0) is 58.1 Å². The van der Waals surface area contributed by atoms with Crippen molar-refractivity contribution in [1.29, 1.82) is 0 Å². The van der Waals surface area contributed by atoms with Gasteiger partial charge in [0.05, 0.1) is 47.2 Å². The van der Waals surface area contributed by atoms with Gasteiger partial charge >= 0.3 is 0 Å². The molecule has 0 atom stereocenters. The molecule has 12 rings (SSSR count). The zero-order valence-corrected chi connectivity index (χ0v) is 63.9. The molecule has 0 aromatic heterocycles. The Morgan fingerprint density at radius 2 is 0.777 bits per heavy atom. The molecule has 3 fully saturated rings. The van der Waals surface area contributed by atoms with Crippen molar-refractivity contribution in [2.75, 3.05) is 93.3 Å². The second-order valence-electron chi connectivity index (χ2n) is 26.6. The first-order valence-corrected chi connectivity index (χ1v) is 40.4. The molecular formula is C80H88N6O23S3. The van der Waals surface area contributed by atoms with Gasteiger partial charge in [-0.15, -0.1) is 0 Å². The molecule has 3 aliphatic heterocycles. The third kappa shape index (κ3) is 18.9. The van der Waals surface area contributed by atoms with E-state index in [0.717, 1.165) is 32.7 Å². The summed E-state index contributed by atoms with van der Waals surface area (Å²) in [6, 6.07) is 52.5. The van der Waals surface area contributed by atoms with Gasteiger partial charge in [0.1, 0.15) is 28.7 Å². The average Bonchev–Trinajstić information content (AvgIpc) is 0.757. The van der Waals surface area contributed by atoms with Crippen molar-refractivity contribution >= 4 is 97.3 Å². The Labute approximate surface area is 647 Å². The minimum Gasteiger partial charge on any atom is -0.506 e. The molecule has 6 amide bonds. The van der Waals surface area contributed by atoms with Crippen LogP contribution >= 0.6 is 0 Å². The summed E-state index contributed by atoms with van der Waals surface area (Å²) < 4.78 is 112. The Hall–Kier alpha value is -10.8. The molecule has 0 unspecified atom stereocenters. The lowest BCUT2D eigenvalue weighted by atomic mass is 9.98. The first-order valence-electron chi connectivity index (χ1n) is 36.0. The molecule has 0 spiro atoms. The number of rotatable bonds is 28. The van der Waals surface area contributed by atoms with Crippen molar-refractivity contribution in [3.8, 4) is 28.7 Å². The van der Waals surface area contributed by atoms with Gasteiger partial charge in [-0.2, -0.15) is 0 Å². The van der Waals surface area contributed by atoms with Crippen LogP contribution < -0.4 is 46.0 Å². The molecule has 0 radical (unpaired) electrons. The summed E-state index contributed by atoms with van der Waals surface area (Å²) >= 11 is 0. The van der Waals surface area contributed by atoms with Crippen molar-refractivity contribution in [1.82, 2.24) is 32.0 Å². The van der Waals surface area contributed by atoms with Gasteiger partial charge in [-0.05, 0) is 200 Å². The van der Waals surface area contributed by atoms with Crippen LogP contribution in [0.15, 0.2) is 203 Å². The van der Waals surface area contributed by atoms with E-state index in [9.17, 15) is 59.1 Å². The molecule has 9 aromatic carbocycles. The third-order valence-electron chi connectivity index (χ3n) is 19.8. The van der Waals surface area contributed by atoms with E-state index in [4.69, 9.17) is 48.8 Å². The highest BCUT2D eigenvalue weighted by atomic mass is 32.2. The minimum atomic E-state index is -4.11. The first-order chi connectivity index (χ1) is 53.9. The van der Waals surface area contributed by atoms with Crippen molar-refractivity contribution in [2.24, 2.45) is 0 Å². The maximum atomic E-state index is 13.3. The van der Waals surface area contributed by atoms with Crippen LogP contribution in [0.4, 0.5) is 0 Å². The van der Waals surface area contributed by atoms with Crippen molar-refractivity contribution < 1.29 is 108 Å². The van der Waals surface area contributed by atoms with Gasteiger partial charge in [0.15, 0.2) is 43.8 Å². The SMILES string of the molecule is CN(CCCOc1ccc(S(=O)(=O)C2(C(=O)NO)CCOCC2)cc1)C(=O)c1ccc2ccccc2c1.COc1ccc2cc(C(=O)NCCCOc3ccc(S(=O)(=O)C4(C(=O)NO)CCOCC4)cc3)ccc2c1.O=C(NCCCOc1ccc(S(=O)(=O)C2(C(=O)NO)CCOCC2)cc1)c1ccc2ccccc2c1O. The zero-order valence-electron chi connectivity index (χ0n) is 61.5. The topological polar surface area (TPSA) is 414 Å². The summed E-state index contributed by atoms with van der Waals surface area (Å²) in [6.07, 6.45) is 1.24. The highest BCUT2D eigenvalue weighted by Crippen LogP contribution is 2.40. The quantitative estimate of drug-likeness (QED) is 0.0126. The van der Waals surface area contributed by atoms with Crippen LogP contribution in [0.3, 0.4) is 0 Å². The Bertz CT molecular complexity index is 5170. The van der Waals surface area contributed by atoms with Crippen LogP contribution in [-0.4, -0.2) is 194 Å². The van der Waals surface area contributed by atoms with Crippen LogP contribution in [0.5, 0.6) is 28.7 Å². The number of nitrogens with zero attached hydrogens (tertiary/aromatic N) is 1. The second-order valence-corrected chi connectivity index (χ2v) is 33.4. The molecule has 3 heterocycles. The Morgan fingerprint density at radius 1 is 0.420 bits per heavy atom. The molecule has 0 saturated carbocycles. The maximum absolute atomic E-state index is 13.3. The fraction of sp³-hybridized carbons (Fsp3) is 0.325. The van der Waals surface area contributed by atoms with E-state index in [1.165, 1.54) is 89.2 Å². The van der Waals surface area contributed by atoms with Crippen molar-refractivity contribution in [3.05, 3.63) is 205 Å². The van der Waals surface area contributed by atoms with E-state index >= 15 is 0 Å². The van der Waals surface area contributed by atoms with Crippen LogP contribution in [0.1, 0.15) is 88.9 Å². The number of hydroxylamine groups is 3. The van der Waals surface area contributed by atoms with E-state index in [1.807, 2.05) is 84.9 Å². The number of hydrogen-bond acceptors (Lipinski definition) is 23. The number of phenols is 1. The predicted octanol–water partition coefficient (Wildman–Crippen LogP) is 8.66. The average molecular weight is 1600 g/mol. The van der Waals surface area contributed by atoms with Gasteiger partial charge in [0.25, 0.3) is 35.4 Å². The lowest BCUT2D eigenvalue weighted by molar-refractivity contribution is -0.135. The zero-order chi connectivity index (χ0) is 80.1. The number of carbonyl (C=O) groups is 6. The minimum absolute atomic E-state index is 0.0361. The van der Waals surface area contributed by atoms with Crippen LogP contribution in [0, 0.1) is 0 Å². The van der Waals surface area contributed by atoms with Gasteiger partial charge < -0.3 is 53.8 Å². The molecule has 32 heteroatoms. The third-order valence-corrected chi connectivity index (χ3v) is 27.4. The van der Waals surface area contributed by atoms with E-state index in [0.29, 0.717) is 85.9 Å². The van der Waals surface area contributed by atoms with Gasteiger partial charge in [0, 0.05) is 82.8 Å². The summed E-state index contributed by atoms with van der Waals surface area (Å²) in [5, 5.41) is 48.9. The summed E-state index contributed by atoms with van der Waals surface area (Å²) in [5.41, 5.74) is 5.86. The Balaban J connectivity index is 0.000000178. The van der Waals surface area contributed by atoms with E-state index < -0.39 is 67.4 Å². The Morgan fingerprint density at radius 3 is 1.23 bits per heavy atom. The van der Waals surface area contributed by atoms with E-state index in [2.05, 4.69) is 10.6 Å². The molecular weight excluding hydrogens is 1510 g/mol. The summed E-state index contributed by atoms with van der Waals surface area (Å²) in [6.45, 7) is 2.65. The smallest absolute Gasteiger partial charge is 0.265 e. The molecule has 0 bridgehead atoms. The molecule has 29 nitrogen and oxygen atoms in total. The number of carbonyl (C=O) groups excluding carboxylic acids is 6. The number of aromatic hydroxyl groups is 1. The predicted molar refractivity (Wildman–Crippen MR) is 411 cm³/mol. The van der Waals surface area contributed by atoms with Gasteiger partial charge in [-0.1, -0.05) is 72.8 Å². The van der Waals surface area contributed by atoms with Crippen LogP contribution in [0.25, 0.3) is 32.3 Å². The fourth-order valence-electron chi connectivity index (χ4n) is 13.3. The number of phenolic OH excluding ortho intramolecular Hbond substituents is 1. The summed E-state index contributed by atoms with van der Waals surface area (Å²) in [7, 11) is -8.95. The number of methoxy groups -OCH3 is 1. The molecule has 3 saturated heterocycles. The molecule has 112 heavy (non-hydrogen) atoms. The molecule has 594 valence electrons. The summed E-state index contributed by atoms with van der Waals surface area (Å²) in [4.78, 5) is 76.3. The number of sulfone groups is 3. The van der Waals surface area contributed by atoms with Gasteiger partial charge in [-0.25, -0.2) is 41.7 Å². The second kappa shape index (κ2) is 37.9. The number of amides is 6. The maximum Gasteiger partial charge on any atom is 0.265 e. The monoisotopic (exact) mass is 1600 g/mol. The molecule has 0 aliphatic carbocycles. The fourth-order valence-corrected chi connectivity index (χ4v) is 19.1. The normalized spacial score (nSPS) is 15.1. The largest absolute Gasteiger partial charge is 0.506 e. The first kappa shape index (κ1) is 83.7.